The van der Waals surface area contributed by atoms with Gasteiger partial charge in [0, 0.05) is 17.0 Å². The molecule has 2 unspecified atom stereocenters. The van der Waals surface area contributed by atoms with Gasteiger partial charge in [0.05, 0.1) is 12.2 Å². The second-order valence-electron chi connectivity index (χ2n) is 7.91. The fourth-order valence-corrected chi connectivity index (χ4v) is 5.04. The maximum Gasteiger partial charge on any atom is 0.322 e. The predicted molar refractivity (Wildman–Crippen MR) is 119 cm³/mol. The van der Waals surface area contributed by atoms with Crippen molar-refractivity contribution in [3.8, 4) is 11.3 Å². The van der Waals surface area contributed by atoms with Gasteiger partial charge in [-0.3, -0.25) is 14.4 Å². The van der Waals surface area contributed by atoms with Crippen LogP contribution in [0.5, 0.6) is 0 Å². The number of rotatable bonds is 6. The average Bonchev–Trinajstić information content (AvgIpc) is 3.46. The highest BCUT2D eigenvalue weighted by molar-refractivity contribution is 7.09. The van der Waals surface area contributed by atoms with Crippen LogP contribution >= 0.6 is 11.3 Å². The summed E-state index contributed by atoms with van der Waals surface area (Å²) < 4.78 is 0. The van der Waals surface area contributed by atoms with Crippen LogP contribution in [0.3, 0.4) is 0 Å². The molecule has 1 aliphatic heterocycles. The van der Waals surface area contributed by atoms with Crippen molar-refractivity contribution >= 4 is 29.1 Å². The summed E-state index contributed by atoms with van der Waals surface area (Å²) in [6.07, 6.45) is 2.12. The van der Waals surface area contributed by atoms with Crippen LogP contribution in [0.25, 0.3) is 11.3 Å². The monoisotopic (exact) mass is 453 g/mol. The van der Waals surface area contributed by atoms with E-state index in [9.17, 15) is 19.5 Å². The van der Waals surface area contributed by atoms with E-state index in [0.717, 1.165) is 24.1 Å². The number of amides is 2. The fraction of sp³-hybridized carbons (Fsp3) is 0.304. The minimum absolute atomic E-state index is 0.0472. The highest BCUT2D eigenvalue weighted by atomic mass is 32.1. The third-order valence-electron chi connectivity index (χ3n) is 5.91. The van der Waals surface area contributed by atoms with Crippen LogP contribution in [0.1, 0.15) is 24.3 Å². The van der Waals surface area contributed by atoms with E-state index in [-0.39, 0.29) is 18.5 Å². The highest BCUT2D eigenvalue weighted by Gasteiger charge is 2.41. The van der Waals surface area contributed by atoms with Crippen LogP contribution in [-0.2, 0) is 20.9 Å². The smallest absolute Gasteiger partial charge is 0.322 e. The van der Waals surface area contributed by atoms with E-state index in [2.05, 4.69) is 16.9 Å². The van der Waals surface area contributed by atoms with E-state index < -0.39 is 35.7 Å². The number of aliphatic hydroxyl groups is 1. The molecular formula is C23H23N3O5S. The number of thiazole rings is 1. The summed E-state index contributed by atoms with van der Waals surface area (Å²) in [4.78, 5) is 43.2. The van der Waals surface area contributed by atoms with Crippen molar-refractivity contribution in [1.82, 2.24) is 15.2 Å². The largest absolute Gasteiger partial charge is 0.507 e. The van der Waals surface area contributed by atoms with Crippen LogP contribution in [-0.4, -0.2) is 50.5 Å². The van der Waals surface area contributed by atoms with Crippen LogP contribution in [0.15, 0.2) is 59.2 Å². The molecule has 2 atom stereocenters. The number of benzene rings is 1. The Labute approximate surface area is 188 Å². The Morgan fingerprint density at radius 3 is 2.72 bits per heavy atom. The number of carboxylic acid groups (broad SMARTS) is 1. The zero-order valence-corrected chi connectivity index (χ0v) is 18.1. The standard InChI is InChI=1S/C23H23N3O5S/c1-13-15-7-8-16(9-15)26(23(31)20(21(13)29)22(30)24-10-19(27)28)11-18-25-17(12-32-18)14-5-3-2-4-6-14/h2-6,12,15-16,29H,1,7-11H2,(H,24,30)(H,27,28)/b21-20+. The zero-order valence-electron chi connectivity index (χ0n) is 17.3. The normalized spacial score (nSPS) is 23.1. The molecule has 2 bridgehead atoms. The summed E-state index contributed by atoms with van der Waals surface area (Å²) in [6, 6.07) is 9.58. The van der Waals surface area contributed by atoms with E-state index in [1.165, 1.54) is 11.3 Å². The Balaban J connectivity index is 1.64. The van der Waals surface area contributed by atoms with Crippen molar-refractivity contribution in [1.29, 1.82) is 0 Å². The Morgan fingerprint density at radius 2 is 2.00 bits per heavy atom. The molecule has 2 aromatic rings. The Morgan fingerprint density at radius 1 is 1.25 bits per heavy atom. The number of fused-ring (bicyclic) bond motifs is 2. The number of carboxylic acids is 1. The molecule has 1 aromatic carbocycles. The molecule has 1 fully saturated rings. The molecular weight excluding hydrogens is 430 g/mol. The van der Waals surface area contributed by atoms with Crippen LogP contribution in [0.4, 0.5) is 0 Å². The zero-order chi connectivity index (χ0) is 22.8. The van der Waals surface area contributed by atoms with E-state index in [1.807, 2.05) is 35.7 Å². The van der Waals surface area contributed by atoms with Gasteiger partial charge in [-0.05, 0) is 30.8 Å². The summed E-state index contributed by atoms with van der Waals surface area (Å²) in [6.45, 7) is 3.44. The number of nitrogens with zero attached hydrogens (tertiary/aromatic N) is 2. The first-order chi connectivity index (χ1) is 15.3. The quantitative estimate of drug-likeness (QED) is 0.579. The number of nitrogens with one attached hydrogen (secondary N) is 1. The van der Waals surface area contributed by atoms with Gasteiger partial charge in [-0.2, -0.15) is 0 Å². The van der Waals surface area contributed by atoms with E-state index in [0.29, 0.717) is 17.0 Å². The van der Waals surface area contributed by atoms with Crippen LogP contribution in [0.2, 0.25) is 0 Å². The third-order valence-corrected chi connectivity index (χ3v) is 6.74. The molecule has 1 aromatic heterocycles. The maximum atomic E-state index is 13.4. The van der Waals surface area contributed by atoms with Crippen molar-refractivity contribution in [3.05, 3.63) is 64.2 Å². The molecule has 2 aliphatic rings. The molecule has 4 rings (SSSR count). The van der Waals surface area contributed by atoms with Gasteiger partial charge >= 0.3 is 5.97 Å². The molecule has 0 spiro atoms. The topological polar surface area (TPSA) is 120 Å². The number of hydrogen-bond acceptors (Lipinski definition) is 6. The van der Waals surface area contributed by atoms with Gasteiger partial charge < -0.3 is 20.4 Å². The van der Waals surface area contributed by atoms with Crippen molar-refractivity contribution in [2.24, 2.45) is 5.92 Å². The maximum absolute atomic E-state index is 13.4. The number of aliphatic hydroxyl groups excluding tert-OH is 1. The van der Waals surface area contributed by atoms with Crippen molar-refractivity contribution in [2.45, 2.75) is 31.8 Å². The molecule has 32 heavy (non-hydrogen) atoms. The SMILES string of the molecule is C=C1/C(O)=C(/C(=O)NCC(=O)O)C(=O)N(Cc2nc(-c3ccccc3)cs2)C2CCC1C2. The molecule has 166 valence electrons. The summed E-state index contributed by atoms with van der Waals surface area (Å²) in [5, 5.41) is 24.4. The number of hydrogen-bond donors (Lipinski definition) is 3. The molecule has 2 heterocycles. The van der Waals surface area contributed by atoms with Gasteiger partial charge in [-0.15, -0.1) is 11.3 Å². The summed E-state index contributed by atoms with van der Waals surface area (Å²) in [7, 11) is 0. The second kappa shape index (κ2) is 8.96. The van der Waals surface area contributed by atoms with Crippen molar-refractivity contribution in [3.63, 3.8) is 0 Å². The highest BCUT2D eigenvalue weighted by Crippen LogP contribution is 2.40. The van der Waals surface area contributed by atoms with Gasteiger partial charge in [0.1, 0.15) is 22.9 Å². The molecule has 3 N–H and O–H groups in total. The van der Waals surface area contributed by atoms with Gasteiger partial charge in [-0.25, -0.2) is 4.98 Å². The Hall–Kier alpha value is -3.46. The third kappa shape index (κ3) is 4.29. The number of carbonyl (C=O) groups excluding carboxylic acids is 2. The first-order valence-electron chi connectivity index (χ1n) is 10.3. The lowest BCUT2D eigenvalue weighted by atomic mass is 9.92. The van der Waals surface area contributed by atoms with Crippen molar-refractivity contribution in [2.75, 3.05) is 6.54 Å². The number of carbonyl (C=O) groups is 3. The molecule has 0 radical (unpaired) electrons. The number of aliphatic carboxylic acids is 1. The molecule has 1 saturated carbocycles. The lowest BCUT2D eigenvalue weighted by Crippen LogP contribution is -2.45. The lowest BCUT2D eigenvalue weighted by molar-refractivity contribution is -0.139. The summed E-state index contributed by atoms with van der Waals surface area (Å²) in [5.41, 5.74) is 1.66. The van der Waals surface area contributed by atoms with Crippen LogP contribution in [0, 0.1) is 5.92 Å². The minimum Gasteiger partial charge on any atom is -0.507 e. The van der Waals surface area contributed by atoms with Gasteiger partial charge in [0.2, 0.25) is 0 Å². The number of allylic oxidation sites excluding steroid dienone is 1. The fourth-order valence-electron chi connectivity index (χ4n) is 4.24. The summed E-state index contributed by atoms with van der Waals surface area (Å²) in [5.74, 6) is -3.32. The van der Waals surface area contributed by atoms with Gasteiger partial charge in [0.25, 0.3) is 11.8 Å². The van der Waals surface area contributed by atoms with Crippen LogP contribution < -0.4 is 5.32 Å². The number of aromatic nitrogens is 1. The van der Waals surface area contributed by atoms with Crippen molar-refractivity contribution < 1.29 is 24.6 Å². The second-order valence-corrected chi connectivity index (χ2v) is 8.86. The lowest BCUT2D eigenvalue weighted by Gasteiger charge is -2.31. The predicted octanol–water partition coefficient (Wildman–Crippen LogP) is 2.89. The molecule has 9 heteroatoms. The van der Waals surface area contributed by atoms with E-state index >= 15 is 0 Å². The summed E-state index contributed by atoms with van der Waals surface area (Å²) >= 11 is 1.42. The molecule has 2 amide bonds. The van der Waals surface area contributed by atoms with Gasteiger partial charge in [0.15, 0.2) is 0 Å². The average molecular weight is 454 g/mol. The molecule has 0 saturated heterocycles. The van der Waals surface area contributed by atoms with Gasteiger partial charge in [-0.1, -0.05) is 36.9 Å². The van der Waals surface area contributed by atoms with E-state index in [1.54, 1.807) is 4.90 Å². The Bertz CT molecular complexity index is 1110. The minimum atomic E-state index is -1.25. The first-order valence-corrected chi connectivity index (χ1v) is 11.2. The van der Waals surface area contributed by atoms with E-state index in [4.69, 9.17) is 5.11 Å². The first kappa shape index (κ1) is 21.8. The molecule has 8 nitrogen and oxygen atoms in total. The molecule has 1 aliphatic carbocycles. The Kier molecular flexibility index (Phi) is 6.09.